The summed E-state index contributed by atoms with van der Waals surface area (Å²) in [7, 11) is 0. The number of aromatic nitrogens is 2. The second-order valence-electron chi connectivity index (χ2n) is 5.62. The first-order valence-corrected chi connectivity index (χ1v) is 7.41. The van der Waals surface area contributed by atoms with Gasteiger partial charge in [-0.2, -0.15) is 0 Å². The summed E-state index contributed by atoms with van der Waals surface area (Å²) >= 11 is 0. The maximum Gasteiger partial charge on any atom is 0.167 e. The predicted octanol–water partition coefficient (Wildman–Crippen LogP) is -1.62. The number of quaternary nitrogens is 2. The highest BCUT2D eigenvalue weighted by Crippen LogP contribution is 1.93. The van der Waals surface area contributed by atoms with Crippen LogP contribution in [0.5, 0.6) is 0 Å². The molecule has 0 bridgehead atoms. The molecule has 0 aliphatic carbocycles. The second-order valence-corrected chi connectivity index (χ2v) is 5.62. The van der Waals surface area contributed by atoms with E-state index in [1.165, 1.54) is 37.3 Å². The van der Waals surface area contributed by atoms with Crippen LogP contribution in [0.4, 0.5) is 0 Å². The molecule has 0 amide bonds. The molecule has 3 N–H and O–H groups in total. The normalized spacial score (nSPS) is 22.6. The average molecular weight is 271 g/mol. The fraction of sp³-hybridized carbons (Fsp3) is 0.375. The first-order chi connectivity index (χ1) is 9.90. The van der Waals surface area contributed by atoms with Gasteiger partial charge in [-0.25, -0.2) is 4.98 Å². The van der Waals surface area contributed by atoms with Crippen LogP contribution < -0.4 is 14.8 Å². The van der Waals surface area contributed by atoms with Crippen molar-refractivity contribution in [3.63, 3.8) is 0 Å². The minimum Gasteiger partial charge on any atom is -0.322 e. The van der Waals surface area contributed by atoms with Crippen molar-refractivity contribution < 1.29 is 14.8 Å². The minimum absolute atomic E-state index is 1.14. The van der Waals surface area contributed by atoms with Gasteiger partial charge in [-0.15, -0.1) is 0 Å². The Balaban J connectivity index is 1.47. The molecule has 0 aromatic carbocycles. The molecule has 1 fully saturated rings. The lowest BCUT2D eigenvalue weighted by molar-refractivity contribution is -1.02. The van der Waals surface area contributed by atoms with E-state index in [9.17, 15) is 0 Å². The van der Waals surface area contributed by atoms with E-state index in [1.807, 2.05) is 24.8 Å². The van der Waals surface area contributed by atoms with Gasteiger partial charge < -0.3 is 9.80 Å². The Morgan fingerprint density at radius 3 is 1.85 bits per heavy atom. The number of aromatic amines is 1. The van der Waals surface area contributed by atoms with Gasteiger partial charge in [0.05, 0.1) is 0 Å². The van der Waals surface area contributed by atoms with Gasteiger partial charge in [0.15, 0.2) is 12.4 Å². The SMILES string of the molecule is c1cc(C[NH+]2CC[NH+](Cc3cc[nH+]cc3)CC2)ccn1. The smallest absolute Gasteiger partial charge is 0.167 e. The van der Waals surface area contributed by atoms with Crippen molar-refractivity contribution in [2.45, 2.75) is 13.1 Å². The molecule has 4 heteroatoms. The Morgan fingerprint density at radius 1 is 0.800 bits per heavy atom. The molecule has 4 nitrogen and oxygen atoms in total. The van der Waals surface area contributed by atoms with Crippen molar-refractivity contribution in [1.82, 2.24) is 4.98 Å². The zero-order valence-corrected chi connectivity index (χ0v) is 11.8. The first-order valence-electron chi connectivity index (χ1n) is 7.41. The summed E-state index contributed by atoms with van der Waals surface area (Å²) < 4.78 is 0. The molecule has 20 heavy (non-hydrogen) atoms. The van der Waals surface area contributed by atoms with Crippen LogP contribution in [-0.2, 0) is 13.1 Å². The van der Waals surface area contributed by atoms with Crippen LogP contribution in [0.15, 0.2) is 49.1 Å². The Bertz CT molecular complexity index is 457. The lowest BCUT2D eigenvalue weighted by Crippen LogP contribution is -3.27. The summed E-state index contributed by atoms with van der Waals surface area (Å²) in [6, 6.07) is 8.63. The fourth-order valence-electron chi connectivity index (χ4n) is 2.93. The molecule has 2 aromatic heterocycles. The Hall–Kier alpha value is -1.78. The zero-order chi connectivity index (χ0) is 13.6. The highest BCUT2D eigenvalue weighted by molar-refractivity contribution is 5.07. The molecule has 2 aromatic rings. The van der Waals surface area contributed by atoms with E-state index in [-0.39, 0.29) is 0 Å². The molecule has 3 rings (SSSR count). The third-order valence-corrected chi connectivity index (χ3v) is 4.11. The van der Waals surface area contributed by atoms with Crippen LogP contribution in [0.1, 0.15) is 11.1 Å². The number of rotatable bonds is 4. The maximum absolute atomic E-state index is 4.08. The number of pyridine rings is 2. The van der Waals surface area contributed by atoms with E-state index in [4.69, 9.17) is 0 Å². The van der Waals surface area contributed by atoms with Crippen molar-refractivity contribution in [1.29, 1.82) is 0 Å². The van der Waals surface area contributed by atoms with Crippen molar-refractivity contribution in [2.24, 2.45) is 0 Å². The molecular formula is C16H23N4+3. The van der Waals surface area contributed by atoms with Crippen LogP contribution in [0.3, 0.4) is 0 Å². The maximum atomic E-state index is 4.08. The summed E-state index contributed by atoms with van der Waals surface area (Å²) in [5, 5.41) is 0. The number of H-pyrrole nitrogens is 1. The summed E-state index contributed by atoms with van der Waals surface area (Å²) in [5.41, 5.74) is 2.83. The van der Waals surface area contributed by atoms with Crippen molar-refractivity contribution >= 4 is 0 Å². The van der Waals surface area contributed by atoms with Crippen molar-refractivity contribution in [3.05, 3.63) is 60.2 Å². The fourth-order valence-corrected chi connectivity index (χ4v) is 2.93. The molecule has 0 unspecified atom stereocenters. The molecule has 0 saturated carbocycles. The predicted molar refractivity (Wildman–Crippen MR) is 76.0 cm³/mol. The number of nitrogens with one attached hydrogen (secondary N) is 3. The Labute approximate surface area is 120 Å². The summed E-state index contributed by atoms with van der Waals surface area (Å²) in [6.45, 7) is 7.33. The van der Waals surface area contributed by atoms with E-state index in [0.29, 0.717) is 0 Å². The lowest BCUT2D eigenvalue weighted by Gasteiger charge is -2.29. The second kappa shape index (κ2) is 6.59. The van der Waals surface area contributed by atoms with Gasteiger partial charge in [-0.3, -0.25) is 4.98 Å². The van der Waals surface area contributed by atoms with E-state index >= 15 is 0 Å². The first kappa shape index (κ1) is 13.2. The van der Waals surface area contributed by atoms with Crippen LogP contribution in [0.2, 0.25) is 0 Å². The molecule has 1 saturated heterocycles. The van der Waals surface area contributed by atoms with Gasteiger partial charge >= 0.3 is 0 Å². The molecule has 104 valence electrons. The van der Waals surface area contributed by atoms with Crippen LogP contribution >= 0.6 is 0 Å². The Morgan fingerprint density at radius 2 is 1.30 bits per heavy atom. The molecule has 0 radical (unpaired) electrons. The van der Waals surface area contributed by atoms with Gasteiger partial charge in [0.25, 0.3) is 0 Å². The van der Waals surface area contributed by atoms with E-state index < -0.39 is 0 Å². The summed E-state index contributed by atoms with van der Waals surface area (Å²) in [6.07, 6.45) is 7.81. The van der Waals surface area contributed by atoms with E-state index in [0.717, 1.165) is 13.1 Å². The minimum atomic E-state index is 1.14. The largest absolute Gasteiger partial charge is 0.322 e. The van der Waals surface area contributed by atoms with Gasteiger partial charge in [-0.1, -0.05) is 0 Å². The average Bonchev–Trinajstić information content (AvgIpc) is 2.51. The molecule has 0 atom stereocenters. The topological polar surface area (TPSA) is 35.9 Å². The third kappa shape index (κ3) is 3.62. The molecule has 3 heterocycles. The Kier molecular flexibility index (Phi) is 4.35. The summed E-state index contributed by atoms with van der Waals surface area (Å²) in [5.74, 6) is 0. The monoisotopic (exact) mass is 271 g/mol. The highest BCUT2D eigenvalue weighted by Gasteiger charge is 2.23. The van der Waals surface area contributed by atoms with Gasteiger partial charge in [0.2, 0.25) is 0 Å². The van der Waals surface area contributed by atoms with Crippen LogP contribution in [0.25, 0.3) is 0 Å². The number of hydrogen-bond donors (Lipinski definition) is 2. The molecule has 1 aliphatic heterocycles. The van der Waals surface area contributed by atoms with Gasteiger partial charge in [-0.05, 0) is 12.1 Å². The van der Waals surface area contributed by atoms with Crippen LogP contribution in [-0.4, -0.2) is 31.2 Å². The molecule has 0 spiro atoms. The number of nitrogens with zero attached hydrogens (tertiary/aromatic N) is 1. The quantitative estimate of drug-likeness (QED) is 0.689. The summed E-state index contributed by atoms with van der Waals surface area (Å²) in [4.78, 5) is 10.6. The molecular weight excluding hydrogens is 248 g/mol. The van der Waals surface area contributed by atoms with Crippen molar-refractivity contribution in [3.8, 4) is 0 Å². The number of hydrogen-bond acceptors (Lipinski definition) is 1. The standard InChI is InChI=1S/C16H20N4/c1-5-17-6-2-15(1)13-19-9-11-20(12-10-19)14-16-3-7-18-8-4-16/h1-8H,9-14H2/p+3. The third-order valence-electron chi connectivity index (χ3n) is 4.11. The van der Waals surface area contributed by atoms with E-state index in [2.05, 4.69) is 34.2 Å². The van der Waals surface area contributed by atoms with Crippen molar-refractivity contribution in [2.75, 3.05) is 26.2 Å². The lowest BCUT2D eigenvalue weighted by atomic mass is 10.2. The van der Waals surface area contributed by atoms with Gasteiger partial charge in [0.1, 0.15) is 39.3 Å². The zero-order valence-electron chi connectivity index (χ0n) is 11.8. The highest BCUT2D eigenvalue weighted by atomic mass is 15.3. The van der Waals surface area contributed by atoms with Crippen LogP contribution in [0, 0.1) is 0 Å². The van der Waals surface area contributed by atoms with E-state index in [1.54, 1.807) is 9.80 Å². The molecule has 1 aliphatic rings. The van der Waals surface area contributed by atoms with Gasteiger partial charge in [0, 0.05) is 35.7 Å². The number of piperazine rings is 1.